The van der Waals surface area contributed by atoms with Crippen LogP contribution in [0, 0.1) is 6.92 Å². The second kappa shape index (κ2) is 6.43. The second-order valence-corrected chi connectivity index (χ2v) is 4.10. The molecule has 0 aromatic heterocycles. The summed E-state index contributed by atoms with van der Waals surface area (Å²) in [5.41, 5.74) is 10.2. The molecule has 0 unspecified atom stereocenters. The lowest BCUT2D eigenvalue weighted by molar-refractivity contribution is 0.416. The Kier molecular flexibility index (Phi) is 5.20. The van der Waals surface area contributed by atoms with Gasteiger partial charge >= 0.3 is 0 Å². The number of nitrogens with two attached hydrogens (primary N) is 1. The minimum absolute atomic E-state index is 0. The van der Waals surface area contributed by atoms with E-state index in [0.717, 1.165) is 22.4 Å². The quantitative estimate of drug-likeness (QED) is 0.919. The summed E-state index contributed by atoms with van der Waals surface area (Å²) in [6, 6.07) is 14.5. The fourth-order valence-electron chi connectivity index (χ4n) is 1.87. The highest BCUT2D eigenvalue weighted by Gasteiger charge is 2.05. The van der Waals surface area contributed by atoms with Crippen LogP contribution in [0.1, 0.15) is 11.1 Å². The van der Waals surface area contributed by atoms with E-state index in [1.54, 1.807) is 7.11 Å². The van der Waals surface area contributed by atoms with Gasteiger partial charge in [0.1, 0.15) is 5.75 Å². The van der Waals surface area contributed by atoms with Gasteiger partial charge in [0.25, 0.3) is 0 Å². The maximum atomic E-state index is 5.59. The van der Waals surface area contributed by atoms with Gasteiger partial charge in [-0.1, -0.05) is 35.9 Å². The van der Waals surface area contributed by atoms with Gasteiger partial charge in [0.15, 0.2) is 0 Å². The smallest absolute Gasteiger partial charge is 0.126 e. The number of hydrogen-bond donors (Lipinski definition) is 1. The molecule has 0 saturated heterocycles. The topological polar surface area (TPSA) is 35.2 Å². The van der Waals surface area contributed by atoms with Crippen LogP contribution in [-0.2, 0) is 6.54 Å². The number of aryl methyl sites for hydroxylation is 1. The van der Waals surface area contributed by atoms with Gasteiger partial charge in [-0.2, -0.15) is 0 Å². The summed E-state index contributed by atoms with van der Waals surface area (Å²) >= 11 is 0. The molecule has 0 saturated carbocycles. The standard InChI is InChI=1S/C15H17NO.ClH/c1-11-3-8-15(17-2)14(9-11)13-6-4-12(10-16)5-7-13;/h3-9H,10,16H2,1-2H3;1H. The SMILES string of the molecule is COc1ccc(C)cc1-c1ccc(CN)cc1.Cl. The number of rotatable bonds is 3. The van der Waals surface area contributed by atoms with Crippen LogP contribution in [0.25, 0.3) is 11.1 Å². The zero-order chi connectivity index (χ0) is 12.3. The molecule has 2 aromatic rings. The van der Waals surface area contributed by atoms with Gasteiger partial charge in [-0.15, -0.1) is 12.4 Å². The number of ether oxygens (including phenoxy) is 1. The van der Waals surface area contributed by atoms with E-state index in [1.165, 1.54) is 5.56 Å². The van der Waals surface area contributed by atoms with Gasteiger partial charge < -0.3 is 10.5 Å². The number of hydrogen-bond acceptors (Lipinski definition) is 2. The zero-order valence-electron chi connectivity index (χ0n) is 10.6. The van der Waals surface area contributed by atoms with Crippen molar-refractivity contribution < 1.29 is 4.74 Å². The molecule has 96 valence electrons. The summed E-state index contributed by atoms with van der Waals surface area (Å²) < 4.78 is 5.39. The summed E-state index contributed by atoms with van der Waals surface area (Å²) in [7, 11) is 1.70. The molecule has 0 bridgehead atoms. The van der Waals surface area contributed by atoms with E-state index in [0.29, 0.717) is 6.54 Å². The lowest BCUT2D eigenvalue weighted by Gasteiger charge is -2.10. The average Bonchev–Trinajstić information content (AvgIpc) is 2.39. The number of benzene rings is 2. The summed E-state index contributed by atoms with van der Waals surface area (Å²) in [6.45, 7) is 2.66. The van der Waals surface area contributed by atoms with E-state index < -0.39 is 0 Å². The van der Waals surface area contributed by atoms with Crippen molar-refractivity contribution >= 4 is 12.4 Å². The van der Waals surface area contributed by atoms with Crippen molar-refractivity contribution in [2.75, 3.05) is 7.11 Å². The van der Waals surface area contributed by atoms with Crippen molar-refractivity contribution in [3.63, 3.8) is 0 Å². The zero-order valence-corrected chi connectivity index (χ0v) is 11.5. The molecule has 2 nitrogen and oxygen atoms in total. The first-order valence-electron chi connectivity index (χ1n) is 5.68. The fraction of sp³-hybridized carbons (Fsp3) is 0.200. The minimum Gasteiger partial charge on any atom is -0.496 e. The van der Waals surface area contributed by atoms with E-state index in [-0.39, 0.29) is 12.4 Å². The van der Waals surface area contributed by atoms with E-state index >= 15 is 0 Å². The van der Waals surface area contributed by atoms with Gasteiger partial charge in [0.2, 0.25) is 0 Å². The molecule has 0 atom stereocenters. The van der Waals surface area contributed by atoms with Crippen molar-refractivity contribution in [3.05, 3.63) is 53.6 Å². The first-order chi connectivity index (χ1) is 8.24. The Hall–Kier alpha value is -1.51. The Morgan fingerprint density at radius 3 is 2.28 bits per heavy atom. The van der Waals surface area contributed by atoms with Crippen molar-refractivity contribution in [1.29, 1.82) is 0 Å². The molecule has 2 N–H and O–H groups in total. The van der Waals surface area contributed by atoms with Gasteiger partial charge in [0, 0.05) is 12.1 Å². The molecule has 2 rings (SSSR count). The maximum Gasteiger partial charge on any atom is 0.126 e. The first-order valence-corrected chi connectivity index (χ1v) is 5.68. The fourth-order valence-corrected chi connectivity index (χ4v) is 1.87. The molecule has 0 aliphatic heterocycles. The molecule has 0 aliphatic rings. The Balaban J connectivity index is 0.00000162. The van der Waals surface area contributed by atoms with Crippen molar-refractivity contribution in [2.45, 2.75) is 13.5 Å². The highest BCUT2D eigenvalue weighted by atomic mass is 35.5. The third-order valence-corrected chi connectivity index (χ3v) is 2.86. The second-order valence-electron chi connectivity index (χ2n) is 4.10. The van der Waals surface area contributed by atoms with Gasteiger partial charge in [-0.25, -0.2) is 0 Å². The average molecular weight is 264 g/mol. The molecule has 18 heavy (non-hydrogen) atoms. The number of methoxy groups -OCH3 is 1. The molecule has 0 heterocycles. The molecular weight excluding hydrogens is 246 g/mol. The molecular formula is C15H18ClNO. The van der Waals surface area contributed by atoms with Gasteiger partial charge in [-0.05, 0) is 30.2 Å². The van der Waals surface area contributed by atoms with Crippen LogP contribution >= 0.6 is 12.4 Å². The van der Waals surface area contributed by atoms with Crippen LogP contribution in [0.2, 0.25) is 0 Å². The van der Waals surface area contributed by atoms with Crippen LogP contribution in [0.5, 0.6) is 5.75 Å². The summed E-state index contributed by atoms with van der Waals surface area (Å²) in [6.07, 6.45) is 0. The van der Waals surface area contributed by atoms with Crippen LogP contribution in [0.4, 0.5) is 0 Å². The molecule has 2 aromatic carbocycles. The largest absolute Gasteiger partial charge is 0.496 e. The van der Waals surface area contributed by atoms with Crippen LogP contribution < -0.4 is 10.5 Å². The van der Waals surface area contributed by atoms with Crippen molar-refractivity contribution in [3.8, 4) is 16.9 Å². The Morgan fingerprint density at radius 2 is 1.72 bits per heavy atom. The summed E-state index contributed by atoms with van der Waals surface area (Å²) in [4.78, 5) is 0. The van der Waals surface area contributed by atoms with Crippen molar-refractivity contribution in [2.24, 2.45) is 5.73 Å². The summed E-state index contributed by atoms with van der Waals surface area (Å²) in [5.74, 6) is 0.899. The van der Waals surface area contributed by atoms with Gasteiger partial charge in [0.05, 0.1) is 7.11 Å². The van der Waals surface area contributed by atoms with Crippen LogP contribution in [0.15, 0.2) is 42.5 Å². The summed E-state index contributed by atoms with van der Waals surface area (Å²) in [5, 5.41) is 0. The highest BCUT2D eigenvalue weighted by molar-refractivity contribution is 5.85. The van der Waals surface area contributed by atoms with Crippen LogP contribution in [0.3, 0.4) is 0 Å². The lowest BCUT2D eigenvalue weighted by atomic mass is 10.0. The Bertz CT molecular complexity index is 508. The lowest BCUT2D eigenvalue weighted by Crippen LogP contribution is -1.95. The Labute approximate surface area is 114 Å². The van der Waals surface area contributed by atoms with Gasteiger partial charge in [-0.3, -0.25) is 0 Å². The highest BCUT2D eigenvalue weighted by Crippen LogP contribution is 2.30. The minimum atomic E-state index is 0. The van der Waals surface area contributed by atoms with E-state index in [4.69, 9.17) is 10.5 Å². The molecule has 0 amide bonds. The van der Waals surface area contributed by atoms with E-state index in [1.807, 2.05) is 6.07 Å². The van der Waals surface area contributed by atoms with Crippen molar-refractivity contribution in [1.82, 2.24) is 0 Å². The first kappa shape index (κ1) is 14.6. The monoisotopic (exact) mass is 263 g/mol. The third kappa shape index (κ3) is 3.03. The van der Waals surface area contributed by atoms with E-state index in [9.17, 15) is 0 Å². The van der Waals surface area contributed by atoms with Crippen LogP contribution in [-0.4, -0.2) is 7.11 Å². The predicted octanol–water partition coefficient (Wildman–Crippen LogP) is 3.55. The number of halogens is 1. The molecule has 0 radical (unpaired) electrons. The maximum absolute atomic E-state index is 5.59. The normalized spacial score (nSPS) is 9.72. The molecule has 0 spiro atoms. The molecule has 0 fully saturated rings. The van der Waals surface area contributed by atoms with E-state index in [2.05, 4.69) is 43.3 Å². The Morgan fingerprint density at radius 1 is 1.06 bits per heavy atom. The predicted molar refractivity (Wildman–Crippen MR) is 78.3 cm³/mol. The molecule has 0 aliphatic carbocycles. The third-order valence-electron chi connectivity index (χ3n) is 2.86. The molecule has 3 heteroatoms.